The monoisotopic (exact) mass is 263 g/mol. The molecule has 0 saturated carbocycles. The van der Waals surface area contributed by atoms with Gasteiger partial charge in [-0.1, -0.05) is 12.1 Å². The molecule has 102 valence electrons. The van der Waals surface area contributed by atoms with Gasteiger partial charge in [-0.25, -0.2) is 4.79 Å². The fourth-order valence-corrected chi connectivity index (χ4v) is 1.37. The summed E-state index contributed by atoms with van der Waals surface area (Å²) in [4.78, 5) is 33.6. The van der Waals surface area contributed by atoms with Crippen LogP contribution in [-0.2, 0) is 9.53 Å². The molecule has 19 heavy (non-hydrogen) atoms. The van der Waals surface area contributed by atoms with Crippen molar-refractivity contribution < 1.29 is 19.1 Å². The van der Waals surface area contributed by atoms with Crippen molar-refractivity contribution >= 4 is 18.2 Å². The average molecular weight is 263 g/mol. The van der Waals surface area contributed by atoms with Gasteiger partial charge in [0.05, 0.1) is 5.56 Å². The Hall–Kier alpha value is -2.17. The van der Waals surface area contributed by atoms with E-state index >= 15 is 0 Å². The Balaban J connectivity index is 2.51. The minimum atomic E-state index is -0.596. The van der Waals surface area contributed by atoms with Gasteiger partial charge in [-0.2, -0.15) is 0 Å². The molecule has 0 aliphatic carbocycles. The van der Waals surface area contributed by atoms with E-state index in [0.29, 0.717) is 17.4 Å². The summed E-state index contributed by atoms with van der Waals surface area (Å²) >= 11 is 0. The van der Waals surface area contributed by atoms with E-state index in [1.807, 2.05) is 20.8 Å². The molecule has 5 heteroatoms. The van der Waals surface area contributed by atoms with Crippen LogP contribution >= 0.6 is 0 Å². The lowest BCUT2D eigenvalue weighted by Gasteiger charge is -2.20. The second kappa shape index (κ2) is 6.13. The molecule has 5 nitrogen and oxygen atoms in total. The molecule has 1 rings (SSSR count). The Bertz CT molecular complexity index is 471. The molecule has 1 aromatic rings. The highest BCUT2D eigenvalue weighted by Gasteiger charge is 2.15. The smallest absolute Gasteiger partial charge is 0.338 e. The Labute approximate surface area is 111 Å². The molecule has 0 heterocycles. The number of amides is 1. The molecular weight excluding hydrogens is 246 g/mol. The number of rotatable bonds is 4. The fourth-order valence-electron chi connectivity index (χ4n) is 1.37. The van der Waals surface area contributed by atoms with Gasteiger partial charge in [0.25, 0.3) is 5.91 Å². The van der Waals surface area contributed by atoms with Crippen LogP contribution in [-0.4, -0.2) is 30.3 Å². The maximum absolute atomic E-state index is 11.6. The molecule has 1 N–H and O–H groups in total. The summed E-state index contributed by atoms with van der Waals surface area (Å²) in [5.74, 6) is -0.952. The Kier molecular flexibility index (Phi) is 4.80. The van der Waals surface area contributed by atoms with Crippen LogP contribution in [0.1, 0.15) is 41.5 Å². The van der Waals surface area contributed by atoms with Crippen LogP contribution in [0.4, 0.5) is 0 Å². The Morgan fingerprint density at radius 2 is 1.79 bits per heavy atom. The lowest BCUT2D eigenvalue weighted by molar-refractivity contribution is -0.125. The van der Waals surface area contributed by atoms with Crippen molar-refractivity contribution in [2.24, 2.45) is 0 Å². The van der Waals surface area contributed by atoms with Crippen LogP contribution in [0.3, 0.4) is 0 Å². The first-order valence-corrected chi connectivity index (χ1v) is 5.85. The molecule has 0 aliphatic rings. The standard InChI is InChI=1S/C14H17NO4/c1-14(2,3)15-12(17)9-19-13(18)11-6-4-10(8-16)5-7-11/h4-8H,9H2,1-3H3,(H,15,17). The largest absolute Gasteiger partial charge is 0.452 e. The molecule has 0 spiro atoms. The zero-order chi connectivity index (χ0) is 14.5. The van der Waals surface area contributed by atoms with Crippen LogP contribution in [0.25, 0.3) is 0 Å². The van der Waals surface area contributed by atoms with Crippen LogP contribution in [0.15, 0.2) is 24.3 Å². The number of carbonyl (C=O) groups excluding carboxylic acids is 3. The van der Waals surface area contributed by atoms with Crippen molar-refractivity contribution in [3.05, 3.63) is 35.4 Å². The first-order valence-electron chi connectivity index (χ1n) is 5.85. The third-order valence-corrected chi connectivity index (χ3v) is 2.13. The highest BCUT2D eigenvalue weighted by molar-refractivity contribution is 5.92. The van der Waals surface area contributed by atoms with Crippen LogP contribution < -0.4 is 5.32 Å². The maximum Gasteiger partial charge on any atom is 0.338 e. The molecule has 1 amide bonds. The Morgan fingerprint density at radius 3 is 2.26 bits per heavy atom. The van der Waals surface area contributed by atoms with E-state index in [-0.39, 0.29) is 18.1 Å². The van der Waals surface area contributed by atoms with Gasteiger partial charge >= 0.3 is 5.97 Å². The van der Waals surface area contributed by atoms with Gasteiger partial charge in [-0.15, -0.1) is 0 Å². The average Bonchev–Trinajstić information content (AvgIpc) is 2.34. The van der Waals surface area contributed by atoms with E-state index in [4.69, 9.17) is 4.74 Å². The number of benzene rings is 1. The summed E-state index contributed by atoms with van der Waals surface area (Å²) in [7, 11) is 0. The third-order valence-electron chi connectivity index (χ3n) is 2.13. The highest BCUT2D eigenvalue weighted by Crippen LogP contribution is 2.04. The second-order valence-electron chi connectivity index (χ2n) is 5.11. The molecule has 0 unspecified atom stereocenters. The zero-order valence-electron chi connectivity index (χ0n) is 11.2. The molecular formula is C14H17NO4. The first-order chi connectivity index (χ1) is 8.81. The van der Waals surface area contributed by atoms with Gasteiger partial charge in [-0.3, -0.25) is 9.59 Å². The number of aldehydes is 1. The minimum Gasteiger partial charge on any atom is -0.452 e. The van der Waals surface area contributed by atoms with E-state index < -0.39 is 5.97 Å². The number of hydrogen-bond acceptors (Lipinski definition) is 4. The predicted molar refractivity (Wildman–Crippen MR) is 70.0 cm³/mol. The summed E-state index contributed by atoms with van der Waals surface area (Å²) in [5.41, 5.74) is 0.408. The summed E-state index contributed by atoms with van der Waals surface area (Å²) in [6, 6.07) is 5.99. The molecule has 0 atom stereocenters. The SMILES string of the molecule is CC(C)(C)NC(=O)COC(=O)c1ccc(C=O)cc1. The van der Waals surface area contributed by atoms with Gasteiger partial charge < -0.3 is 10.1 Å². The molecule has 0 radical (unpaired) electrons. The molecule has 1 aromatic carbocycles. The van der Waals surface area contributed by atoms with Crippen LogP contribution in [0.5, 0.6) is 0 Å². The van der Waals surface area contributed by atoms with Crippen molar-refractivity contribution in [1.29, 1.82) is 0 Å². The van der Waals surface area contributed by atoms with E-state index in [9.17, 15) is 14.4 Å². The van der Waals surface area contributed by atoms with Crippen LogP contribution in [0.2, 0.25) is 0 Å². The zero-order valence-corrected chi connectivity index (χ0v) is 11.2. The van der Waals surface area contributed by atoms with E-state index in [1.165, 1.54) is 24.3 Å². The van der Waals surface area contributed by atoms with Gasteiger partial charge in [-0.05, 0) is 32.9 Å². The van der Waals surface area contributed by atoms with Gasteiger partial charge in [0.2, 0.25) is 0 Å². The van der Waals surface area contributed by atoms with Crippen molar-refractivity contribution in [2.75, 3.05) is 6.61 Å². The van der Waals surface area contributed by atoms with E-state index in [1.54, 1.807) is 0 Å². The number of carbonyl (C=O) groups is 3. The summed E-state index contributed by atoms with van der Waals surface area (Å²) in [6.07, 6.45) is 0.686. The summed E-state index contributed by atoms with van der Waals surface area (Å²) in [5, 5.41) is 2.68. The quantitative estimate of drug-likeness (QED) is 0.661. The molecule has 0 aliphatic heterocycles. The minimum absolute atomic E-state index is 0.300. The second-order valence-corrected chi connectivity index (χ2v) is 5.11. The Morgan fingerprint density at radius 1 is 1.21 bits per heavy atom. The third kappa shape index (κ3) is 5.33. The van der Waals surface area contributed by atoms with E-state index in [2.05, 4.69) is 5.32 Å². The summed E-state index contributed by atoms with van der Waals surface area (Å²) in [6.45, 7) is 5.19. The molecule has 0 fully saturated rings. The lowest BCUT2D eigenvalue weighted by Crippen LogP contribution is -2.42. The summed E-state index contributed by atoms with van der Waals surface area (Å²) < 4.78 is 4.87. The highest BCUT2D eigenvalue weighted by atomic mass is 16.5. The number of hydrogen-bond donors (Lipinski definition) is 1. The number of nitrogens with one attached hydrogen (secondary N) is 1. The van der Waals surface area contributed by atoms with Crippen LogP contribution in [0, 0.1) is 0 Å². The van der Waals surface area contributed by atoms with Gasteiger partial charge in [0, 0.05) is 11.1 Å². The fraction of sp³-hybridized carbons (Fsp3) is 0.357. The van der Waals surface area contributed by atoms with Gasteiger partial charge in [0.15, 0.2) is 6.61 Å². The molecule has 0 bridgehead atoms. The van der Waals surface area contributed by atoms with Crippen molar-refractivity contribution in [3.63, 3.8) is 0 Å². The first kappa shape index (κ1) is 14.9. The molecule has 0 saturated heterocycles. The predicted octanol–water partition coefficient (Wildman–Crippen LogP) is 1.57. The number of ether oxygens (including phenoxy) is 1. The lowest BCUT2D eigenvalue weighted by atomic mass is 10.1. The van der Waals surface area contributed by atoms with E-state index in [0.717, 1.165) is 0 Å². The van der Waals surface area contributed by atoms with Crippen molar-refractivity contribution in [3.8, 4) is 0 Å². The van der Waals surface area contributed by atoms with Crippen molar-refractivity contribution in [2.45, 2.75) is 26.3 Å². The normalized spacial score (nSPS) is 10.7. The molecule has 0 aromatic heterocycles. The maximum atomic E-state index is 11.6. The van der Waals surface area contributed by atoms with Gasteiger partial charge in [0.1, 0.15) is 6.29 Å². The number of esters is 1. The topological polar surface area (TPSA) is 72.5 Å². The van der Waals surface area contributed by atoms with Crippen molar-refractivity contribution in [1.82, 2.24) is 5.32 Å².